The lowest BCUT2D eigenvalue weighted by atomic mass is 10.1. The SMILES string of the molecule is CCOc1ccc(/C(C)=N\NC(=O)CCCCCCCC(=O)N/N=C(\C)c2ccc(OCC)cc2)cc1. The Hall–Kier alpha value is -3.68. The van der Waals surface area contributed by atoms with Gasteiger partial charge in [0.05, 0.1) is 24.6 Å². The molecule has 0 spiro atoms. The van der Waals surface area contributed by atoms with Gasteiger partial charge in [-0.2, -0.15) is 10.2 Å². The van der Waals surface area contributed by atoms with Crippen LogP contribution >= 0.6 is 0 Å². The van der Waals surface area contributed by atoms with Crippen LogP contribution in [0.5, 0.6) is 11.5 Å². The topological polar surface area (TPSA) is 101 Å². The third kappa shape index (κ3) is 11.7. The van der Waals surface area contributed by atoms with Crippen molar-refractivity contribution in [3.63, 3.8) is 0 Å². The molecule has 0 aliphatic heterocycles. The van der Waals surface area contributed by atoms with Crippen LogP contribution in [-0.4, -0.2) is 36.5 Å². The van der Waals surface area contributed by atoms with Crippen molar-refractivity contribution in [3.05, 3.63) is 59.7 Å². The molecule has 8 nitrogen and oxygen atoms in total. The Morgan fingerprint density at radius 3 is 1.32 bits per heavy atom. The van der Waals surface area contributed by atoms with Gasteiger partial charge in [0.2, 0.25) is 11.8 Å². The maximum atomic E-state index is 12.1. The van der Waals surface area contributed by atoms with E-state index in [4.69, 9.17) is 9.47 Å². The van der Waals surface area contributed by atoms with Crippen LogP contribution in [0, 0.1) is 0 Å². The van der Waals surface area contributed by atoms with Gasteiger partial charge in [-0.15, -0.1) is 0 Å². The second kappa shape index (κ2) is 16.9. The monoisotopic (exact) mass is 508 g/mol. The van der Waals surface area contributed by atoms with Crippen LogP contribution in [0.3, 0.4) is 0 Å². The molecule has 0 heterocycles. The van der Waals surface area contributed by atoms with Gasteiger partial charge in [0.25, 0.3) is 0 Å². The van der Waals surface area contributed by atoms with Gasteiger partial charge in [-0.05, 0) is 100 Å². The first-order valence-electron chi connectivity index (χ1n) is 13.1. The van der Waals surface area contributed by atoms with E-state index in [1.54, 1.807) is 0 Å². The zero-order valence-corrected chi connectivity index (χ0v) is 22.5. The van der Waals surface area contributed by atoms with Crippen LogP contribution in [-0.2, 0) is 9.59 Å². The average Bonchev–Trinajstić information content (AvgIpc) is 2.91. The van der Waals surface area contributed by atoms with E-state index in [2.05, 4.69) is 21.1 Å². The number of nitrogens with one attached hydrogen (secondary N) is 2. The Bertz CT molecular complexity index is 947. The standard InChI is InChI=1S/C29H40N4O4/c1-5-36-26-18-14-24(15-19-26)22(3)30-32-28(34)12-10-8-7-9-11-13-29(35)33-31-23(4)25-16-20-27(21-17-25)37-6-2/h14-21H,5-13H2,1-4H3,(H,32,34)(H,33,35)/b30-22-,31-23+. The van der Waals surface area contributed by atoms with E-state index < -0.39 is 0 Å². The molecule has 2 N–H and O–H groups in total. The number of benzene rings is 2. The number of amides is 2. The molecule has 0 atom stereocenters. The minimum Gasteiger partial charge on any atom is -0.494 e. The molecule has 0 unspecified atom stereocenters. The fourth-order valence-corrected chi connectivity index (χ4v) is 3.55. The van der Waals surface area contributed by atoms with E-state index in [1.165, 1.54) is 0 Å². The normalized spacial score (nSPS) is 11.7. The molecular weight excluding hydrogens is 468 g/mol. The summed E-state index contributed by atoms with van der Waals surface area (Å²) in [5.41, 5.74) is 8.61. The predicted octanol–water partition coefficient (Wildman–Crippen LogP) is 5.60. The average molecular weight is 509 g/mol. The molecule has 0 aliphatic rings. The summed E-state index contributed by atoms with van der Waals surface area (Å²) < 4.78 is 10.9. The Morgan fingerprint density at radius 1 is 0.622 bits per heavy atom. The third-order valence-electron chi connectivity index (χ3n) is 5.67. The molecule has 200 valence electrons. The largest absolute Gasteiger partial charge is 0.494 e. The molecule has 2 amide bonds. The Labute approximate surface area is 220 Å². The summed E-state index contributed by atoms with van der Waals surface area (Å²) in [6.45, 7) is 8.85. The number of hydrazone groups is 2. The molecule has 8 heteroatoms. The van der Waals surface area contributed by atoms with Crippen LogP contribution in [0.1, 0.15) is 83.8 Å². The van der Waals surface area contributed by atoms with E-state index in [9.17, 15) is 9.59 Å². The smallest absolute Gasteiger partial charge is 0.240 e. The predicted molar refractivity (Wildman–Crippen MR) is 148 cm³/mol. The molecular formula is C29H40N4O4. The summed E-state index contributed by atoms with van der Waals surface area (Å²) in [6.07, 6.45) is 5.30. The van der Waals surface area contributed by atoms with Crippen LogP contribution in [0.15, 0.2) is 58.7 Å². The van der Waals surface area contributed by atoms with Crippen LogP contribution in [0.25, 0.3) is 0 Å². The number of hydrogen-bond donors (Lipinski definition) is 2. The summed E-state index contributed by atoms with van der Waals surface area (Å²) in [5.74, 6) is 1.44. The van der Waals surface area contributed by atoms with E-state index in [1.807, 2.05) is 76.2 Å². The molecule has 0 saturated carbocycles. The Kier molecular flexibility index (Phi) is 13.5. The molecule has 37 heavy (non-hydrogen) atoms. The molecule has 0 bridgehead atoms. The van der Waals surface area contributed by atoms with Gasteiger partial charge in [0.1, 0.15) is 11.5 Å². The van der Waals surface area contributed by atoms with Crippen molar-refractivity contribution in [1.82, 2.24) is 10.9 Å². The highest BCUT2D eigenvalue weighted by Gasteiger charge is 2.04. The summed E-state index contributed by atoms with van der Waals surface area (Å²) in [6, 6.07) is 15.2. The van der Waals surface area contributed by atoms with Gasteiger partial charge in [0, 0.05) is 12.8 Å². The lowest BCUT2D eigenvalue weighted by Gasteiger charge is -2.06. The number of rotatable bonds is 16. The Morgan fingerprint density at radius 2 is 0.973 bits per heavy atom. The van der Waals surface area contributed by atoms with Crippen molar-refractivity contribution in [2.45, 2.75) is 72.6 Å². The zero-order valence-electron chi connectivity index (χ0n) is 22.5. The molecule has 0 radical (unpaired) electrons. The van der Waals surface area contributed by atoms with Crippen molar-refractivity contribution < 1.29 is 19.1 Å². The number of carbonyl (C=O) groups is 2. The molecule has 2 aromatic carbocycles. The van der Waals surface area contributed by atoms with Crippen molar-refractivity contribution in [3.8, 4) is 11.5 Å². The first kappa shape index (κ1) is 29.5. The van der Waals surface area contributed by atoms with E-state index in [-0.39, 0.29) is 11.8 Å². The highest BCUT2D eigenvalue weighted by Crippen LogP contribution is 2.14. The number of nitrogens with zero attached hydrogens (tertiary/aromatic N) is 2. The third-order valence-corrected chi connectivity index (χ3v) is 5.67. The molecule has 2 rings (SSSR count). The van der Waals surface area contributed by atoms with Crippen molar-refractivity contribution in [1.29, 1.82) is 0 Å². The van der Waals surface area contributed by atoms with Crippen LogP contribution < -0.4 is 20.3 Å². The quantitative estimate of drug-likeness (QED) is 0.175. The zero-order chi connectivity index (χ0) is 26.9. The van der Waals surface area contributed by atoms with E-state index in [0.29, 0.717) is 26.1 Å². The van der Waals surface area contributed by atoms with Crippen LogP contribution in [0.2, 0.25) is 0 Å². The van der Waals surface area contributed by atoms with Gasteiger partial charge >= 0.3 is 0 Å². The number of unbranched alkanes of at least 4 members (excludes halogenated alkanes) is 4. The molecule has 0 fully saturated rings. The summed E-state index contributed by atoms with van der Waals surface area (Å²) >= 11 is 0. The molecule has 0 saturated heterocycles. The maximum absolute atomic E-state index is 12.1. The summed E-state index contributed by atoms with van der Waals surface area (Å²) in [7, 11) is 0. The lowest BCUT2D eigenvalue weighted by Crippen LogP contribution is -2.19. The van der Waals surface area contributed by atoms with E-state index >= 15 is 0 Å². The van der Waals surface area contributed by atoms with E-state index in [0.717, 1.165) is 66.2 Å². The fourth-order valence-electron chi connectivity index (χ4n) is 3.55. The first-order valence-corrected chi connectivity index (χ1v) is 13.1. The molecule has 0 aliphatic carbocycles. The Balaban J connectivity index is 1.55. The fraction of sp³-hybridized carbons (Fsp3) is 0.448. The highest BCUT2D eigenvalue weighted by molar-refractivity contribution is 5.99. The number of hydrogen-bond acceptors (Lipinski definition) is 6. The van der Waals surface area contributed by atoms with Gasteiger partial charge < -0.3 is 9.47 Å². The molecule has 0 aromatic heterocycles. The number of ether oxygens (including phenoxy) is 2. The van der Waals surface area contributed by atoms with Crippen molar-refractivity contribution in [2.75, 3.05) is 13.2 Å². The van der Waals surface area contributed by atoms with Gasteiger partial charge in [-0.25, -0.2) is 10.9 Å². The van der Waals surface area contributed by atoms with Gasteiger partial charge in [-0.3, -0.25) is 9.59 Å². The van der Waals surface area contributed by atoms with Gasteiger partial charge in [-0.1, -0.05) is 19.3 Å². The second-order valence-corrected chi connectivity index (χ2v) is 8.65. The minimum absolute atomic E-state index is 0.0922. The van der Waals surface area contributed by atoms with Crippen LogP contribution in [0.4, 0.5) is 0 Å². The highest BCUT2D eigenvalue weighted by atomic mass is 16.5. The maximum Gasteiger partial charge on any atom is 0.240 e. The van der Waals surface area contributed by atoms with Crippen molar-refractivity contribution >= 4 is 23.2 Å². The summed E-state index contributed by atoms with van der Waals surface area (Å²) in [5, 5.41) is 8.39. The van der Waals surface area contributed by atoms with Crippen molar-refractivity contribution in [2.24, 2.45) is 10.2 Å². The lowest BCUT2D eigenvalue weighted by molar-refractivity contribution is -0.121. The first-order chi connectivity index (χ1) is 17.9. The minimum atomic E-state index is -0.0922. The second-order valence-electron chi connectivity index (χ2n) is 8.65. The molecule has 2 aromatic rings. The van der Waals surface area contributed by atoms with Gasteiger partial charge in [0.15, 0.2) is 0 Å². The number of carbonyl (C=O) groups excluding carboxylic acids is 2. The summed E-state index contributed by atoms with van der Waals surface area (Å²) in [4.78, 5) is 24.1.